The van der Waals surface area contributed by atoms with Crippen LogP contribution in [0.15, 0.2) is 65.8 Å². The maximum absolute atomic E-state index is 12.7. The SMILES string of the molecule is COc1ccc(-c2nnc(SCC(=O)Nc3cc(C)ccc3C)n2-c2ccc(Cl)c(Cl)c2)cc1. The highest BCUT2D eigenvalue weighted by Gasteiger charge is 2.18. The second-order valence-corrected chi connectivity index (χ2v) is 9.38. The Kier molecular flexibility index (Phi) is 7.46. The molecule has 3 aromatic carbocycles. The molecule has 0 bridgehead atoms. The number of carbonyl (C=O) groups is 1. The van der Waals surface area contributed by atoms with Crippen LogP contribution in [0.5, 0.6) is 5.75 Å². The predicted octanol–water partition coefficient (Wildman–Crippen LogP) is 6.60. The van der Waals surface area contributed by atoms with Crippen LogP contribution in [0.1, 0.15) is 11.1 Å². The molecule has 4 aromatic rings. The van der Waals surface area contributed by atoms with Crippen molar-refractivity contribution >= 4 is 46.6 Å². The van der Waals surface area contributed by atoms with Gasteiger partial charge in [-0.2, -0.15) is 0 Å². The molecule has 6 nitrogen and oxygen atoms in total. The predicted molar refractivity (Wildman–Crippen MR) is 139 cm³/mol. The summed E-state index contributed by atoms with van der Waals surface area (Å²) in [7, 11) is 1.62. The molecule has 0 aliphatic carbocycles. The van der Waals surface area contributed by atoms with Gasteiger partial charge in [0.2, 0.25) is 5.91 Å². The summed E-state index contributed by atoms with van der Waals surface area (Å²) in [5.74, 6) is 1.38. The third-order valence-corrected chi connectivity index (χ3v) is 6.81. The van der Waals surface area contributed by atoms with E-state index in [1.165, 1.54) is 11.8 Å². The first kappa shape index (κ1) is 24.1. The molecule has 0 saturated carbocycles. The van der Waals surface area contributed by atoms with Gasteiger partial charge >= 0.3 is 0 Å². The number of anilines is 1. The highest BCUT2D eigenvalue weighted by Crippen LogP contribution is 2.32. The molecule has 0 saturated heterocycles. The Morgan fingerprint density at radius 2 is 1.76 bits per heavy atom. The Morgan fingerprint density at radius 1 is 1.00 bits per heavy atom. The summed E-state index contributed by atoms with van der Waals surface area (Å²) < 4.78 is 7.12. The Balaban J connectivity index is 1.63. The van der Waals surface area contributed by atoms with Crippen LogP contribution in [0.3, 0.4) is 0 Å². The van der Waals surface area contributed by atoms with Gasteiger partial charge in [0.1, 0.15) is 5.75 Å². The standard InChI is InChI=1S/C25H22Cl2N4O2S/c1-15-4-5-16(2)22(12-15)28-23(32)14-34-25-30-29-24(17-6-9-19(33-3)10-7-17)31(25)18-8-11-20(26)21(27)13-18/h4-13H,14H2,1-3H3,(H,28,32). The molecule has 174 valence electrons. The van der Waals surface area contributed by atoms with Crippen LogP contribution in [0.4, 0.5) is 5.69 Å². The minimum Gasteiger partial charge on any atom is -0.497 e. The fourth-order valence-electron chi connectivity index (χ4n) is 3.33. The van der Waals surface area contributed by atoms with Gasteiger partial charge in [-0.25, -0.2) is 0 Å². The molecule has 0 spiro atoms. The van der Waals surface area contributed by atoms with Crippen LogP contribution in [-0.4, -0.2) is 33.5 Å². The minimum absolute atomic E-state index is 0.131. The Labute approximate surface area is 212 Å². The number of methoxy groups -OCH3 is 1. The highest BCUT2D eigenvalue weighted by atomic mass is 35.5. The number of hydrogen-bond donors (Lipinski definition) is 1. The van der Waals surface area contributed by atoms with E-state index < -0.39 is 0 Å². The molecule has 0 atom stereocenters. The average molecular weight is 513 g/mol. The number of thioether (sulfide) groups is 1. The maximum Gasteiger partial charge on any atom is 0.234 e. The number of carbonyl (C=O) groups excluding carboxylic acids is 1. The molecule has 0 aliphatic rings. The van der Waals surface area contributed by atoms with Crippen molar-refractivity contribution in [2.24, 2.45) is 0 Å². The van der Waals surface area contributed by atoms with E-state index in [2.05, 4.69) is 15.5 Å². The summed E-state index contributed by atoms with van der Waals surface area (Å²) >= 11 is 13.7. The van der Waals surface area contributed by atoms with E-state index in [0.29, 0.717) is 21.0 Å². The molecule has 0 unspecified atom stereocenters. The second-order valence-electron chi connectivity index (χ2n) is 7.62. The van der Waals surface area contributed by atoms with E-state index in [4.69, 9.17) is 27.9 Å². The van der Waals surface area contributed by atoms with E-state index in [-0.39, 0.29) is 11.7 Å². The molecule has 1 heterocycles. The molecule has 9 heteroatoms. The summed E-state index contributed by atoms with van der Waals surface area (Å²) in [6, 6.07) is 18.8. The van der Waals surface area contributed by atoms with Crippen LogP contribution >= 0.6 is 35.0 Å². The number of benzene rings is 3. The second kappa shape index (κ2) is 10.5. The van der Waals surface area contributed by atoms with Gasteiger partial charge in [0.15, 0.2) is 11.0 Å². The number of aromatic nitrogens is 3. The molecule has 0 fully saturated rings. The molecule has 34 heavy (non-hydrogen) atoms. The normalized spacial score (nSPS) is 10.9. The van der Waals surface area contributed by atoms with Crippen LogP contribution in [-0.2, 0) is 4.79 Å². The van der Waals surface area contributed by atoms with Crippen LogP contribution < -0.4 is 10.1 Å². The molecular weight excluding hydrogens is 491 g/mol. The fraction of sp³-hybridized carbons (Fsp3) is 0.160. The van der Waals surface area contributed by atoms with Crippen LogP contribution in [0.2, 0.25) is 10.0 Å². The van der Waals surface area contributed by atoms with Gasteiger partial charge in [-0.1, -0.05) is 47.1 Å². The van der Waals surface area contributed by atoms with Gasteiger partial charge in [0.05, 0.1) is 28.6 Å². The Morgan fingerprint density at radius 3 is 2.47 bits per heavy atom. The molecule has 1 amide bonds. The minimum atomic E-state index is -0.131. The van der Waals surface area contributed by atoms with Crippen molar-refractivity contribution in [1.82, 2.24) is 14.8 Å². The number of aryl methyl sites for hydroxylation is 2. The molecular formula is C25H22Cl2N4O2S. The van der Waals surface area contributed by atoms with Gasteiger partial charge in [0, 0.05) is 11.3 Å². The lowest BCUT2D eigenvalue weighted by atomic mass is 10.1. The lowest BCUT2D eigenvalue weighted by Crippen LogP contribution is -2.15. The van der Waals surface area contributed by atoms with E-state index >= 15 is 0 Å². The number of nitrogens with zero attached hydrogens (tertiary/aromatic N) is 3. The third kappa shape index (κ3) is 5.38. The van der Waals surface area contributed by atoms with Crippen molar-refractivity contribution in [2.75, 3.05) is 18.2 Å². The zero-order valence-corrected chi connectivity index (χ0v) is 21.1. The van der Waals surface area contributed by atoms with Gasteiger partial charge < -0.3 is 10.1 Å². The topological polar surface area (TPSA) is 69.0 Å². The summed E-state index contributed by atoms with van der Waals surface area (Å²) in [6.07, 6.45) is 0. The highest BCUT2D eigenvalue weighted by molar-refractivity contribution is 7.99. The van der Waals surface area contributed by atoms with Gasteiger partial charge in [-0.15, -0.1) is 10.2 Å². The number of ether oxygens (including phenoxy) is 1. The Bertz CT molecular complexity index is 1340. The number of hydrogen-bond acceptors (Lipinski definition) is 5. The van der Waals surface area contributed by atoms with Crippen molar-refractivity contribution in [1.29, 1.82) is 0 Å². The van der Waals surface area contributed by atoms with Crippen molar-refractivity contribution in [3.05, 3.63) is 81.8 Å². The number of rotatable bonds is 7. The van der Waals surface area contributed by atoms with Crippen molar-refractivity contribution in [3.63, 3.8) is 0 Å². The summed E-state index contributed by atoms with van der Waals surface area (Å²) in [4.78, 5) is 12.7. The fourth-order valence-corrected chi connectivity index (χ4v) is 4.38. The summed E-state index contributed by atoms with van der Waals surface area (Å²) in [6.45, 7) is 3.95. The molecule has 0 aliphatic heterocycles. The van der Waals surface area contributed by atoms with E-state index in [1.807, 2.05) is 66.9 Å². The Hall–Kier alpha value is -3.00. The van der Waals surface area contributed by atoms with Crippen LogP contribution in [0, 0.1) is 13.8 Å². The molecule has 1 aromatic heterocycles. The maximum atomic E-state index is 12.7. The average Bonchev–Trinajstić information content (AvgIpc) is 3.26. The third-order valence-electron chi connectivity index (χ3n) is 5.14. The quantitative estimate of drug-likeness (QED) is 0.282. The van der Waals surface area contributed by atoms with E-state index in [0.717, 1.165) is 33.8 Å². The summed E-state index contributed by atoms with van der Waals surface area (Å²) in [5, 5.41) is 13.2. The number of nitrogens with one attached hydrogen (secondary N) is 1. The van der Waals surface area contributed by atoms with E-state index in [1.54, 1.807) is 19.2 Å². The van der Waals surface area contributed by atoms with Gasteiger partial charge in [-0.05, 0) is 73.5 Å². The number of amides is 1. The smallest absolute Gasteiger partial charge is 0.234 e. The first-order valence-corrected chi connectivity index (χ1v) is 12.1. The first-order valence-electron chi connectivity index (χ1n) is 10.4. The van der Waals surface area contributed by atoms with Crippen molar-refractivity contribution < 1.29 is 9.53 Å². The molecule has 4 rings (SSSR count). The van der Waals surface area contributed by atoms with Gasteiger partial charge in [0.25, 0.3) is 0 Å². The lowest BCUT2D eigenvalue weighted by molar-refractivity contribution is -0.113. The van der Waals surface area contributed by atoms with E-state index in [9.17, 15) is 4.79 Å². The zero-order chi connectivity index (χ0) is 24.2. The lowest BCUT2D eigenvalue weighted by Gasteiger charge is -2.12. The van der Waals surface area contributed by atoms with Gasteiger partial charge in [-0.3, -0.25) is 9.36 Å². The zero-order valence-electron chi connectivity index (χ0n) is 18.8. The number of halogens is 2. The van der Waals surface area contributed by atoms with Crippen LogP contribution in [0.25, 0.3) is 17.1 Å². The first-order chi connectivity index (χ1) is 16.4. The summed E-state index contributed by atoms with van der Waals surface area (Å²) in [5.41, 5.74) is 4.46. The molecule has 1 N–H and O–H groups in total. The monoisotopic (exact) mass is 512 g/mol. The largest absolute Gasteiger partial charge is 0.497 e. The van der Waals surface area contributed by atoms with Crippen molar-refractivity contribution in [3.8, 4) is 22.8 Å². The molecule has 0 radical (unpaired) electrons. The van der Waals surface area contributed by atoms with Crippen molar-refractivity contribution in [2.45, 2.75) is 19.0 Å².